The lowest BCUT2D eigenvalue weighted by Gasteiger charge is -2.02. The van der Waals surface area contributed by atoms with Crippen LogP contribution in [0.3, 0.4) is 0 Å². The summed E-state index contributed by atoms with van der Waals surface area (Å²) in [4.78, 5) is 16.0. The molecule has 0 unspecified atom stereocenters. The maximum Gasteiger partial charge on any atom is 0.251 e. The predicted molar refractivity (Wildman–Crippen MR) is 79.8 cm³/mol. The summed E-state index contributed by atoms with van der Waals surface area (Å²) < 4.78 is 0. The fourth-order valence-electron chi connectivity index (χ4n) is 1.73. The van der Waals surface area contributed by atoms with Crippen molar-refractivity contribution >= 4 is 17.8 Å². The number of carbonyl (C=O) groups excluding carboxylic acids is 1. The van der Waals surface area contributed by atoms with Crippen LogP contribution >= 0.6 is 0 Å². The van der Waals surface area contributed by atoms with E-state index < -0.39 is 0 Å². The number of amides is 1. The van der Waals surface area contributed by atoms with E-state index in [-0.39, 0.29) is 11.7 Å². The molecule has 4 nitrogen and oxygen atoms in total. The van der Waals surface area contributed by atoms with E-state index in [0.29, 0.717) is 23.4 Å². The molecule has 0 aromatic heterocycles. The maximum atomic E-state index is 11.7. The van der Waals surface area contributed by atoms with Gasteiger partial charge in [0.25, 0.3) is 5.91 Å². The Bertz CT molecular complexity index is 636. The van der Waals surface area contributed by atoms with Gasteiger partial charge in [-0.1, -0.05) is 18.2 Å². The number of rotatable bonds is 4. The number of hydrogen-bond acceptors (Lipinski definition) is 3. The number of aromatic hydroxyl groups is 1. The number of para-hydroxylation sites is 1. The molecule has 0 heterocycles. The molecule has 4 heteroatoms. The molecule has 0 spiro atoms. The second kappa shape index (κ2) is 6.52. The molecule has 0 atom stereocenters. The normalized spacial score (nSPS) is 10.7. The average Bonchev–Trinajstić information content (AvgIpc) is 2.47. The summed E-state index contributed by atoms with van der Waals surface area (Å²) in [6.45, 7) is 2.46. The van der Waals surface area contributed by atoms with Gasteiger partial charge in [-0.15, -0.1) is 0 Å². The van der Waals surface area contributed by atoms with Crippen molar-refractivity contribution in [3.63, 3.8) is 0 Å². The van der Waals surface area contributed by atoms with Gasteiger partial charge >= 0.3 is 0 Å². The molecule has 0 bridgehead atoms. The molecule has 102 valence electrons. The number of carbonyl (C=O) groups is 1. The van der Waals surface area contributed by atoms with Crippen molar-refractivity contribution in [3.8, 4) is 5.75 Å². The van der Waals surface area contributed by atoms with Crippen LogP contribution in [0.25, 0.3) is 0 Å². The molecule has 0 saturated heterocycles. The van der Waals surface area contributed by atoms with Crippen molar-refractivity contribution < 1.29 is 9.90 Å². The number of nitrogens with zero attached hydrogens (tertiary/aromatic N) is 1. The maximum absolute atomic E-state index is 11.7. The van der Waals surface area contributed by atoms with Gasteiger partial charge in [-0.05, 0) is 37.3 Å². The van der Waals surface area contributed by atoms with Gasteiger partial charge in [0.15, 0.2) is 0 Å². The van der Waals surface area contributed by atoms with Gasteiger partial charge in [-0.25, -0.2) is 0 Å². The minimum absolute atomic E-state index is 0.118. The van der Waals surface area contributed by atoms with Crippen LogP contribution in [-0.2, 0) is 0 Å². The summed E-state index contributed by atoms with van der Waals surface area (Å²) in [5, 5.41) is 12.4. The third kappa shape index (κ3) is 3.45. The SMILES string of the molecule is CCNC(=O)c1cccc(N=Cc2ccccc2O)c1. The first-order chi connectivity index (χ1) is 9.70. The predicted octanol–water partition coefficient (Wildman–Crippen LogP) is 2.89. The molecule has 2 aromatic carbocycles. The van der Waals surface area contributed by atoms with Gasteiger partial charge in [-0.2, -0.15) is 0 Å². The van der Waals surface area contributed by atoms with Gasteiger partial charge in [0.2, 0.25) is 0 Å². The van der Waals surface area contributed by atoms with E-state index in [1.54, 1.807) is 48.7 Å². The van der Waals surface area contributed by atoms with Crippen LogP contribution in [0.15, 0.2) is 53.5 Å². The highest BCUT2D eigenvalue weighted by Gasteiger charge is 2.04. The highest BCUT2D eigenvalue weighted by molar-refractivity contribution is 5.95. The van der Waals surface area contributed by atoms with E-state index in [1.807, 2.05) is 13.0 Å². The van der Waals surface area contributed by atoms with Crippen LogP contribution in [-0.4, -0.2) is 23.8 Å². The number of aliphatic imine (C=N–C) groups is 1. The van der Waals surface area contributed by atoms with Gasteiger partial charge in [-0.3, -0.25) is 9.79 Å². The first-order valence-electron chi connectivity index (χ1n) is 6.41. The van der Waals surface area contributed by atoms with Crippen LogP contribution in [0.2, 0.25) is 0 Å². The lowest BCUT2D eigenvalue weighted by Crippen LogP contribution is -2.22. The Balaban J connectivity index is 2.20. The van der Waals surface area contributed by atoms with Gasteiger partial charge in [0.1, 0.15) is 5.75 Å². The first-order valence-corrected chi connectivity index (χ1v) is 6.41. The summed E-state index contributed by atoms with van der Waals surface area (Å²) >= 11 is 0. The zero-order chi connectivity index (χ0) is 14.4. The Hall–Kier alpha value is -2.62. The number of phenolic OH excluding ortho intramolecular Hbond substituents is 1. The van der Waals surface area contributed by atoms with Gasteiger partial charge in [0.05, 0.1) is 5.69 Å². The molecule has 0 radical (unpaired) electrons. The molecule has 0 aliphatic heterocycles. The molecule has 0 aliphatic carbocycles. The summed E-state index contributed by atoms with van der Waals surface area (Å²) in [7, 11) is 0. The molecular weight excluding hydrogens is 252 g/mol. The Morgan fingerprint density at radius 2 is 2.05 bits per heavy atom. The topological polar surface area (TPSA) is 61.7 Å². The molecule has 0 fully saturated rings. The molecule has 2 N–H and O–H groups in total. The summed E-state index contributed by atoms with van der Waals surface area (Å²) in [5.41, 5.74) is 1.87. The van der Waals surface area contributed by atoms with E-state index in [0.717, 1.165) is 0 Å². The monoisotopic (exact) mass is 268 g/mol. The number of benzene rings is 2. The fourth-order valence-corrected chi connectivity index (χ4v) is 1.73. The second-order valence-corrected chi connectivity index (χ2v) is 4.23. The lowest BCUT2D eigenvalue weighted by molar-refractivity contribution is 0.0956. The highest BCUT2D eigenvalue weighted by atomic mass is 16.3. The molecule has 1 amide bonds. The quantitative estimate of drug-likeness (QED) is 0.837. The van der Waals surface area contributed by atoms with Crippen molar-refractivity contribution in [2.45, 2.75) is 6.92 Å². The van der Waals surface area contributed by atoms with E-state index in [4.69, 9.17) is 0 Å². The van der Waals surface area contributed by atoms with E-state index in [9.17, 15) is 9.90 Å². The van der Waals surface area contributed by atoms with Crippen molar-refractivity contribution in [3.05, 3.63) is 59.7 Å². The number of phenols is 1. The van der Waals surface area contributed by atoms with Crippen LogP contribution in [0.4, 0.5) is 5.69 Å². The zero-order valence-corrected chi connectivity index (χ0v) is 11.2. The minimum atomic E-state index is -0.118. The van der Waals surface area contributed by atoms with Gasteiger partial charge < -0.3 is 10.4 Å². The third-order valence-electron chi connectivity index (χ3n) is 2.74. The minimum Gasteiger partial charge on any atom is -0.507 e. The average molecular weight is 268 g/mol. The largest absolute Gasteiger partial charge is 0.507 e. The zero-order valence-electron chi connectivity index (χ0n) is 11.2. The van der Waals surface area contributed by atoms with Crippen molar-refractivity contribution in [2.24, 2.45) is 4.99 Å². The summed E-state index contributed by atoms with van der Waals surface area (Å²) in [5.74, 6) is 0.0586. The summed E-state index contributed by atoms with van der Waals surface area (Å²) in [6.07, 6.45) is 1.58. The number of hydrogen-bond donors (Lipinski definition) is 2. The Morgan fingerprint density at radius 1 is 1.25 bits per heavy atom. The lowest BCUT2D eigenvalue weighted by atomic mass is 10.2. The molecular formula is C16H16N2O2. The smallest absolute Gasteiger partial charge is 0.251 e. The van der Waals surface area contributed by atoms with Crippen LogP contribution in [0.5, 0.6) is 5.75 Å². The Morgan fingerprint density at radius 3 is 2.80 bits per heavy atom. The molecule has 2 rings (SSSR count). The van der Waals surface area contributed by atoms with Crippen LogP contribution in [0, 0.1) is 0 Å². The molecule has 20 heavy (non-hydrogen) atoms. The standard InChI is InChI=1S/C16H16N2O2/c1-2-17-16(20)12-7-5-8-14(10-12)18-11-13-6-3-4-9-15(13)19/h3-11,19H,2H2,1H3,(H,17,20). The summed E-state index contributed by atoms with van der Waals surface area (Å²) in [6, 6.07) is 14.0. The third-order valence-corrected chi connectivity index (χ3v) is 2.74. The highest BCUT2D eigenvalue weighted by Crippen LogP contribution is 2.17. The van der Waals surface area contributed by atoms with Crippen LogP contribution in [0.1, 0.15) is 22.8 Å². The van der Waals surface area contributed by atoms with E-state index in [1.165, 1.54) is 0 Å². The second-order valence-electron chi connectivity index (χ2n) is 4.23. The Kier molecular flexibility index (Phi) is 4.50. The van der Waals surface area contributed by atoms with Crippen molar-refractivity contribution in [1.82, 2.24) is 5.32 Å². The first kappa shape index (κ1) is 13.8. The molecule has 2 aromatic rings. The van der Waals surface area contributed by atoms with Gasteiger partial charge in [0, 0.05) is 23.9 Å². The molecule has 0 aliphatic rings. The van der Waals surface area contributed by atoms with Crippen molar-refractivity contribution in [1.29, 1.82) is 0 Å². The number of nitrogens with one attached hydrogen (secondary N) is 1. The van der Waals surface area contributed by atoms with Crippen molar-refractivity contribution in [2.75, 3.05) is 6.54 Å². The van der Waals surface area contributed by atoms with E-state index in [2.05, 4.69) is 10.3 Å². The molecule has 0 saturated carbocycles. The van der Waals surface area contributed by atoms with Crippen LogP contribution < -0.4 is 5.32 Å². The fraction of sp³-hybridized carbons (Fsp3) is 0.125. The van der Waals surface area contributed by atoms with E-state index >= 15 is 0 Å². The Labute approximate surface area is 117 Å².